The van der Waals surface area contributed by atoms with E-state index >= 15 is 0 Å². The molecule has 0 aliphatic heterocycles. The number of carboxylic acid groups (broad SMARTS) is 1. The van der Waals surface area contributed by atoms with Crippen molar-refractivity contribution in [3.05, 3.63) is 18.0 Å². The molecule has 2 N–H and O–H groups in total. The van der Waals surface area contributed by atoms with E-state index in [4.69, 9.17) is 9.84 Å². The van der Waals surface area contributed by atoms with Gasteiger partial charge in [-0.2, -0.15) is 5.10 Å². The third-order valence-electron chi connectivity index (χ3n) is 2.45. The fraction of sp³-hybridized carbons (Fsp3) is 0.615. The molecule has 0 fully saturated rings. The highest BCUT2D eigenvalue weighted by atomic mass is 16.6. The number of ether oxygens (including phenoxy) is 1. The number of alkyl carbamates (subject to hydrolysis) is 1. The minimum Gasteiger partial charge on any atom is -0.480 e. The van der Waals surface area contributed by atoms with E-state index in [0.29, 0.717) is 0 Å². The van der Waals surface area contributed by atoms with Crippen LogP contribution in [0, 0.1) is 0 Å². The molecular formula is C13H21N3O4. The van der Waals surface area contributed by atoms with Crippen molar-refractivity contribution < 1.29 is 19.4 Å². The molecule has 0 radical (unpaired) electrons. The maximum absolute atomic E-state index is 11.6. The molecule has 7 heteroatoms. The van der Waals surface area contributed by atoms with Crippen LogP contribution in [0.3, 0.4) is 0 Å². The normalized spacial score (nSPS) is 12.8. The Morgan fingerprint density at radius 1 is 1.50 bits per heavy atom. The SMILES string of the molecule is CCc1cnn(CC(NC(=O)OC(C)(C)C)C(=O)O)c1. The molecule has 20 heavy (non-hydrogen) atoms. The molecule has 0 aromatic carbocycles. The summed E-state index contributed by atoms with van der Waals surface area (Å²) in [5, 5.41) is 15.5. The lowest BCUT2D eigenvalue weighted by Gasteiger charge is -2.22. The largest absolute Gasteiger partial charge is 0.480 e. The van der Waals surface area contributed by atoms with Gasteiger partial charge in [0.1, 0.15) is 11.6 Å². The second-order valence-electron chi connectivity index (χ2n) is 5.46. The van der Waals surface area contributed by atoms with Crippen LogP contribution >= 0.6 is 0 Å². The Kier molecular flexibility index (Phi) is 5.12. The molecule has 0 aliphatic carbocycles. The van der Waals surface area contributed by atoms with Crippen LogP contribution in [0.15, 0.2) is 12.4 Å². The number of amides is 1. The molecule has 1 unspecified atom stereocenters. The molecule has 1 amide bonds. The maximum atomic E-state index is 11.6. The number of aliphatic carboxylic acids is 1. The van der Waals surface area contributed by atoms with E-state index in [9.17, 15) is 9.59 Å². The highest BCUT2D eigenvalue weighted by molar-refractivity contribution is 5.79. The van der Waals surface area contributed by atoms with Crippen LogP contribution < -0.4 is 5.32 Å². The van der Waals surface area contributed by atoms with E-state index in [2.05, 4.69) is 10.4 Å². The van der Waals surface area contributed by atoms with Gasteiger partial charge in [-0.05, 0) is 32.8 Å². The molecule has 7 nitrogen and oxygen atoms in total. The highest BCUT2D eigenvalue weighted by Gasteiger charge is 2.24. The summed E-state index contributed by atoms with van der Waals surface area (Å²) in [6, 6.07) is -1.09. The predicted octanol–water partition coefficient (Wildman–Crippen LogP) is 1.42. The van der Waals surface area contributed by atoms with Gasteiger partial charge in [-0.15, -0.1) is 0 Å². The number of nitrogens with one attached hydrogen (secondary N) is 1. The van der Waals surface area contributed by atoms with Crippen molar-refractivity contribution in [3.63, 3.8) is 0 Å². The zero-order valence-electron chi connectivity index (χ0n) is 12.2. The molecule has 1 aromatic heterocycles. The lowest BCUT2D eigenvalue weighted by Crippen LogP contribution is -2.45. The van der Waals surface area contributed by atoms with Crippen molar-refractivity contribution in [1.82, 2.24) is 15.1 Å². The van der Waals surface area contributed by atoms with Crippen LogP contribution in [-0.2, 0) is 22.5 Å². The second-order valence-corrected chi connectivity index (χ2v) is 5.46. The Hall–Kier alpha value is -2.05. The summed E-state index contributed by atoms with van der Waals surface area (Å²) >= 11 is 0. The first kappa shape index (κ1) is 16.0. The number of rotatable bonds is 5. The fourth-order valence-electron chi connectivity index (χ4n) is 1.51. The Morgan fingerprint density at radius 2 is 2.15 bits per heavy atom. The summed E-state index contributed by atoms with van der Waals surface area (Å²) < 4.78 is 6.53. The number of nitrogens with zero attached hydrogens (tertiary/aromatic N) is 2. The van der Waals surface area contributed by atoms with E-state index in [1.807, 2.05) is 6.92 Å². The van der Waals surface area contributed by atoms with Gasteiger partial charge < -0.3 is 15.2 Å². The zero-order valence-corrected chi connectivity index (χ0v) is 12.2. The Morgan fingerprint density at radius 3 is 2.60 bits per heavy atom. The number of hydrogen-bond acceptors (Lipinski definition) is 4. The molecule has 1 aromatic rings. The Bertz CT molecular complexity index is 476. The van der Waals surface area contributed by atoms with Gasteiger partial charge in [0.05, 0.1) is 12.7 Å². The quantitative estimate of drug-likeness (QED) is 0.852. The van der Waals surface area contributed by atoms with Gasteiger partial charge in [0.15, 0.2) is 0 Å². The third-order valence-corrected chi connectivity index (χ3v) is 2.45. The van der Waals surface area contributed by atoms with E-state index < -0.39 is 23.7 Å². The summed E-state index contributed by atoms with van der Waals surface area (Å²) in [5.74, 6) is -1.13. The van der Waals surface area contributed by atoms with E-state index in [1.54, 1.807) is 33.2 Å². The third kappa shape index (κ3) is 5.29. The first-order valence-corrected chi connectivity index (χ1v) is 6.45. The van der Waals surface area contributed by atoms with Crippen molar-refractivity contribution in [3.8, 4) is 0 Å². The van der Waals surface area contributed by atoms with Crippen molar-refractivity contribution in [1.29, 1.82) is 0 Å². The number of carbonyl (C=O) groups is 2. The van der Waals surface area contributed by atoms with Crippen LogP contribution in [0.5, 0.6) is 0 Å². The molecule has 1 atom stereocenters. The molecule has 0 saturated heterocycles. The number of hydrogen-bond donors (Lipinski definition) is 2. The van der Waals surface area contributed by atoms with Crippen molar-refractivity contribution in [2.24, 2.45) is 0 Å². The van der Waals surface area contributed by atoms with Gasteiger partial charge in [0.2, 0.25) is 0 Å². The fourth-order valence-corrected chi connectivity index (χ4v) is 1.51. The average Bonchev–Trinajstić information content (AvgIpc) is 2.73. The van der Waals surface area contributed by atoms with Crippen LogP contribution in [0.25, 0.3) is 0 Å². The average molecular weight is 283 g/mol. The summed E-state index contributed by atoms with van der Waals surface area (Å²) in [4.78, 5) is 22.8. The van der Waals surface area contributed by atoms with Crippen LogP contribution in [0.2, 0.25) is 0 Å². The van der Waals surface area contributed by atoms with Gasteiger partial charge >= 0.3 is 12.1 Å². The molecule has 1 heterocycles. The predicted molar refractivity (Wildman–Crippen MR) is 72.4 cm³/mol. The minimum atomic E-state index is -1.13. The Labute approximate surface area is 117 Å². The number of aryl methyl sites for hydroxylation is 1. The Balaban J connectivity index is 2.65. The summed E-state index contributed by atoms with van der Waals surface area (Å²) in [7, 11) is 0. The van der Waals surface area contributed by atoms with Crippen molar-refractivity contribution >= 4 is 12.1 Å². The van der Waals surface area contributed by atoms with E-state index in [-0.39, 0.29) is 6.54 Å². The first-order valence-electron chi connectivity index (χ1n) is 6.45. The van der Waals surface area contributed by atoms with E-state index in [0.717, 1.165) is 12.0 Å². The number of aromatic nitrogens is 2. The number of carbonyl (C=O) groups excluding carboxylic acids is 1. The summed E-state index contributed by atoms with van der Waals surface area (Å²) in [5.41, 5.74) is 0.334. The second kappa shape index (κ2) is 6.40. The van der Waals surface area contributed by atoms with Gasteiger partial charge in [0.25, 0.3) is 0 Å². The maximum Gasteiger partial charge on any atom is 0.408 e. The molecule has 0 saturated carbocycles. The monoisotopic (exact) mass is 283 g/mol. The number of carboxylic acids is 1. The standard InChI is InChI=1S/C13H21N3O4/c1-5-9-6-14-16(7-9)8-10(11(17)18)15-12(19)20-13(2,3)4/h6-7,10H,5,8H2,1-4H3,(H,15,19)(H,17,18). The molecule has 0 aliphatic rings. The zero-order chi connectivity index (χ0) is 15.3. The molecule has 0 bridgehead atoms. The highest BCUT2D eigenvalue weighted by Crippen LogP contribution is 2.07. The molecule has 0 spiro atoms. The van der Waals surface area contributed by atoms with Crippen molar-refractivity contribution in [2.75, 3.05) is 0 Å². The summed E-state index contributed by atoms with van der Waals surface area (Å²) in [6.07, 6.45) is 3.49. The van der Waals surface area contributed by atoms with Crippen LogP contribution in [0.4, 0.5) is 4.79 Å². The summed E-state index contributed by atoms with van der Waals surface area (Å²) in [6.45, 7) is 7.17. The lowest BCUT2D eigenvalue weighted by atomic mass is 10.2. The van der Waals surface area contributed by atoms with Crippen LogP contribution in [-0.4, -0.2) is 38.6 Å². The van der Waals surface area contributed by atoms with Crippen molar-refractivity contribution in [2.45, 2.75) is 52.3 Å². The van der Waals surface area contributed by atoms with Gasteiger partial charge in [-0.1, -0.05) is 6.92 Å². The van der Waals surface area contributed by atoms with Gasteiger partial charge in [-0.3, -0.25) is 4.68 Å². The van der Waals surface area contributed by atoms with Crippen LogP contribution in [0.1, 0.15) is 33.3 Å². The van der Waals surface area contributed by atoms with Gasteiger partial charge in [0, 0.05) is 6.20 Å². The molecular weight excluding hydrogens is 262 g/mol. The topological polar surface area (TPSA) is 93.5 Å². The minimum absolute atomic E-state index is 0.0502. The van der Waals surface area contributed by atoms with Gasteiger partial charge in [-0.25, -0.2) is 9.59 Å². The first-order chi connectivity index (χ1) is 9.21. The lowest BCUT2D eigenvalue weighted by molar-refractivity contribution is -0.139. The molecule has 112 valence electrons. The van der Waals surface area contributed by atoms with E-state index in [1.165, 1.54) is 4.68 Å². The molecule has 1 rings (SSSR count). The smallest absolute Gasteiger partial charge is 0.408 e.